The summed E-state index contributed by atoms with van der Waals surface area (Å²) in [6.07, 6.45) is 0. The molecule has 0 aliphatic heterocycles. The van der Waals surface area contributed by atoms with Crippen molar-refractivity contribution in [1.29, 1.82) is 0 Å². The second-order valence-electron chi connectivity index (χ2n) is 2.52. The van der Waals surface area contributed by atoms with Crippen molar-refractivity contribution in [3.05, 3.63) is 30.1 Å². The average Bonchev–Trinajstić information content (AvgIpc) is 2.28. The van der Waals surface area contributed by atoms with Crippen molar-refractivity contribution in [2.45, 2.75) is 0 Å². The van der Waals surface area contributed by atoms with Crippen LogP contribution < -0.4 is 40.1 Å². The molecule has 0 unspecified atom stereocenters. The van der Waals surface area contributed by atoms with Gasteiger partial charge in [0.05, 0.1) is 5.75 Å². The first-order chi connectivity index (χ1) is 7.72. The summed E-state index contributed by atoms with van der Waals surface area (Å²) in [7, 11) is 0.992. The topological polar surface area (TPSA) is 70.6 Å². The van der Waals surface area contributed by atoms with Crippen molar-refractivity contribution >= 4 is 33.5 Å². The van der Waals surface area contributed by atoms with E-state index in [9.17, 15) is 14.4 Å². The maximum atomic E-state index is 12.5. The summed E-state index contributed by atoms with van der Waals surface area (Å²) in [5, 5.41) is 15.0. The van der Waals surface area contributed by atoms with Gasteiger partial charge in [-0.15, -0.1) is 0 Å². The molecular formula is C8H7FNNaO4S2. The van der Waals surface area contributed by atoms with Gasteiger partial charge in [-0.2, -0.15) is 4.33 Å². The number of benzene rings is 1. The van der Waals surface area contributed by atoms with E-state index in [2.05, 4.69) is 14.7 Å². The SMILES string of the molecule is O=C(CSSOO[O-])Nc1ccc(F)cc1.[Na+]. The van der Waals surface area contributed by atoms with Gasteiger partial charge < -0.3 is 10.6 Å². The molecule has 0 aliphatic rings. The van der Waals surface area contributed by atoms with Gasteiger partial charge in [0.2, 0.25) is 5.91 Å². The minimum Gasteiger partial charge on any atom is -0.691 e. The monoisotopic (exact) mass is 287 g/mol. The Balaban J connectivity index is 0.00000256. The van der Waals surface area contributed by atoms with Crippen LogP contribution in [-0.2, 0) is 14.2 Å². The summed E-state index contributed by atoms with van der Waals surface area (Å²) in [4.78, 5) is 11.2. The molecule has 0 heterocycles. The maximum absolute atomic E-state index is 12.5. The van der Waals surface area contributed by atoms with Gasteiger partial charge in [0.25, 0.3) is 0 Å². The van der Waals surface area contributed by atoms with E-state index in [1.54, 1.807) is 0 Å². The quantitative estimate of drug-likeness (QED) is 0.168. The van der Waals surface area contributed by atoms with E-state index in [4.69, 9.17) is 0 Å². The molecule has 0 aliphatic carbocycles. The molecule has 88 valence electrons. The second kappa shape index (κ2) is 10.2. The fourth-order valence-electron chi connectivity index (χ4n) is 0.839. The van der Waals surface area contributed by atoms with E-state index in [0.717, 1.165) is 10.8 Å². The number of nitrogens with one attached hydrogen (secondary N) is 1. The smallest absolute Gasteiger partial charge is 0.691 e. The minimum absolute atomic E-state index is 0. The van der Waals surface area contributed by atoms with Crippen molar-refractivity contribution in [2.24, 2.45) is 0 Å². The van der Waals surface area contributed by atoms with Gasteiger partial charge in [0, 0.05) is 5.69 Å². The first-order valence-electron chi connectivity index (χ1n) is 4.02. The summed E-state index contributed by atoms with van der Waals surface area (Å²) in [5.74, 6) is -0.590. The molecule has 5 nitrogen and oxygen atoms in total. The Hall–Kier alpha value is 0.200. The average molecular weight is 287 g/mol. The van der Waals surface area contributed by atoms with E-state index in [1.165, 1.54) is 24.3 Å². The summed E-state index contributed by atoms with van der Waals surface area (Å²) in [6.45, 7) is 0. The molecule has 17 heavy (non-hydrogen) atoms. The van der Waals surface area contributed by atoms with E-state index in [1.807, 2.05) is 0 Å². The predicted molar refractivity (Wildman–Crippen MR) is 57.2 cm³/mol. The fourth-order valence-corrected chi connectivity index (χ4v) is 1.78. The van der Waals surface area contributed by atoms with Crippen LogP contribution in [0.15, 0.2) is 24.3 Å². The molecule has 0 atom stereocenters. The Morgan fingerprint density at radius 1 is 1.41 bits per heavy atom. The first-order valence-corrected chi connectivity index (χ1v) is 6.27. The second-order valence-corrected chi connectivity index (χ2v) is 4.43. The third-order valence-corrected chi connectivity index (χ3v) is 2.82. The largest absolute Gasteiger partial charge is 1.00 e. The Morgan fingerprint density at radius 3 is 2.65 bits per heavy atom. The number of amides is 1. The van der Waals surface area contributed by atoms with Gasteiger partial charge in [-0.25, -0.2) is 4.39 Å². The van der Waals surface area contributed by atoms with Crippen molar-refractivity contribution in [2.75, 3.05) is 11.1 Å². The molecule has 0 radical (unpaired) electrons. The van der Waals surface area contributed by atoms with Crippen LogP contribution >= 0.6 is 21.9 Å². The van der Waals surface area contributed by atoms with Crippen molar-refractivity contribution in [3.8, 4) is 0 Å². The van der Waals surface area contributed by atoms with Gasteiger partial charge in [-0.05, 0) is 24.3 Å². The predicted octanol–water partition coefficient (Wildman–Crippen LogP) is -1.71. The molecule has 0 fully saturated rings. The standard InChI is InChI=1S/C8H8FNO4S2.Na/c9-6-1-3-7(4-2-6)10-8(11)5-15-16-14-13-12;/h1-4,12H,5H2,(H,10,11);/q;+1/p-1. The van der Waals surface area contributed by atoms with Gasteiger partial charge in [0.15, 0.2) is 0 Å². The molecule has 1 amide bonds. The van der Waals surface area contributed by atoms with Crippen molar-refractivity contribution < 1.29 is 53.4 Å². The maximum Gasteiger partial charge on any atom is 1.00 e. The normalized spacial score (nSPS) is 9.53. The van der Waals surface area contributed by atoms with Crippen LogP contribution in [0.25, 0.3) is 0 Å². The molecule has 0 spiro atoms. The van der Waals surface area contributed by atoms with Crippen molar-refractivity contribution in [3.63, 3.8) is 0 Å². The zero-order chi connectivity index (χ0) is 11.8. The summed E-state index contributed by atoms with van der Waals surface area (Å²) < 4.78 is 16.5. The van der Waals surface area contributed by atoms with Crippen LogP contribution in [0.1, 0.15) is 0 Å². The van der Waals surface area contributed by atoms with Crippen molar-refractivity contribution in [1.82, 2.24) is 0 Å². The third kappa shape index (κ3) is 8.01. The van der Waals surface area contributed by atoms with Gasteiger partial charge in [-0.3, -0.25) is 9.83 Å². The third-order valence-electron chi connectivity index (χ3n) is 1.42. The summed E-state index contributed by atoms with van der Waals surface area (Å²) in [5.41, 5.74) is 0.498. The Labute approximate surface area is 127 Å². The number of anilines is 1. The molecule has 1 N–H and O–H groups in total. The van der Waals surface area contributed by atoms with E-state index in [0.29, 0.717) is 16.8 Å². The molecule has 0 aromatic heterocycles. The zero-order valence-electron chi connectivity index (χ0n) is 8.84. The molecule has 0 saturated carbocycles. The number of halogens is 1. The molecule has 0 bridgehead atoms. The van der Waals surface area contributed by atoms with Gasteiger partial charge in [-0.1, -0.05) is 10.8 Å². The minimum atomic E-state index is -0.371. The van der Waals surface area contributed by atoms with E-state index in [-0.39, 0.29) is 47.0 Å². The van der Waals surface area contributed by atoms with E-state index >= 15 is 0 Å². The number of hydrogen-bond acceptors (Lipinski definition) is 6. The molecule has 0 saturated heterocycles. The fraction of sp³-hybridized carbons (Fsp3) is 0.125. The van der Waals surface area contributed by atoms with Crippen LogP contribution in [0.3, 0.4) is 0 Å². The first kappa shape index (κ1) is 17.2. The van der Waals surface area contributed by atoms with Crippen LogP contribution in [0.4, 0.5) is 10.1 Å². The summed E-state index contributed by atoms with van der Waals surface area (Å²) >= 11 is 0.656. The Bertz CT molecular complexity index is 341. The van der Waals surface area contributed by atoms with Gasteiger partial charge in [0.1, 0.15) is 16.9 Å². The number of carbonyl (C=O) groups excluding carboxylic acids is 1. The van der Waals surface area contributed by atoms with E-state index < -0.39 is 0 Å². The number of carbonyl (C=O) groups is 1. The zero-order valence-corrected chi connectivity index (χ0v) is 12.5. The summed E-state index contributed by atoms with van der Waals surface area (Å²) in [6, 6.07) is 5.38. The molecule has 1 aromatic rings. The Kier molecular flexibility index (Phi) is 10.3. The molecule has 1 aromatic carbocycles. The van der Waals surface area contributed by atoms with Crippen LogP contribution in [-0.4, -0.2) is 11.7 Å². The Morgan fingerprint density at radius 2 is 2.06 bits per heavy atom. The van der Waals surface area contributed by atoms with Crippen LogP contribution in [0.5, 0.6) is 0 Å². The molecule has 1 rings (SSSR count). The molecular weight excluding hydrogens is 280 g/mol. The van der Waals surface area contributed by atoms with Crippen LogP contribution in [0.2, 0.25) is 0 Å². The molecule has 9 heteroatoms. The van der Waals surface area contributed by atoms with Crippen LogP contribution in [0, 0.1) is 5.82 Å². The number of rotatable bonds is 6. The number of hydrogen-bond donors (Lipinski definition) is 1. The van der Waals surface area contributed by atoms with Gasteiger partial charge >= 0.3 is 29.6 Å².